The van der Waals surface area contributed by atoms with E-state index in [-0.39, 0.29) is 5.91 Å². The molecule has 1 amide bonds. The Hall–Kier alpha value is -2.24. The molecule has 1 N–H and O–H groups in total. The van der Waals surface area contributed by atoms with Gasteiger partial charge in [-0.3, -0.25) is 4.79 Å². The predicted octanol–water partition coefficient (Wildman–Crippen LogP) is 3.81. The van der Waals surface area contributed by atoms with Gasteiger partial charge in [0.15, 0.2) is 0 Å². The number of amides is 1. The number of methoxy groups -OCH3 is 1. The fourth-order valence-electron chi connectivity index (χ4n) is 2.89. The number of nitrogens with one attached hydrogen (secondary N) is 1. The van der Waals surface area contributed by atoms with E-state index in [1.54, 1.807) is 42.5 Å². The third-order valence-corrected chi connectivity index (χ3v) is 4.69. The number of anilines is 2. The molecule has 130 valence electrons. The van der Waals surface area contributed by atoms with Gasteiger partial charge in [-0.15, -0.1) is 0 Å². The molecule has 1 atom stereocenters. The number of para-hydroxylation sites is 1. The number of esters is 1. The molecule has 0 radical (unpaired) electrons. The lowest BCUT2D eigenvalue weighted by atomic mass is 10.1. The number of hydrogen-bond acceptors (Lipinski definition) is 4. The Morgan fingerprint density at radius 3 is 2.32 bits per heavy atom. The molecule has 3 rings (SSSR count). The SMILES string of the molecule is COC(=O)c1ccc(N(c2c(Cl)cccc2Cl)C2CCNC2=O)cc1. The zero-order valence-corrected chi connectivity index (χ0v) is 15.0. The minimum absolute atomic E-state index is 0.0898. The van der Waals surface area contributed by atoms with Crippen LogP contribution in [0.1, 0.15) is 16.8 Å². The van der Waals surface area contributed by atoms with Gasteiger partial charge in [0, 0.05) is 12.2 Å². The molecule has 0 aromatic heterocycles. The van der Waals surface area contributed by atoms with Crippen molar-refractivity contribution < 1.29 is 14.3 Å². The van der Waals surface area contributed by atoms with Crippen LogP contribution in [0.25, 0.3) is 0 Å². The third-order valence-electron chi connectivity index (χ3n) is 4.08. The van der Waals surface area contributed by atoms with E-state index in [2.05, 4.69) is 5.32 Å². The maximum Gasteiger partial charge on any atom is 0.337 e. The van der Waals surface area contributed by atoms with Crippen molar-refractivity contribution in [3.63, 3.8) is 0 Å². The lowest BCUT2D eigenvalue weighted by Gasteiger charge is -2.31. The highest BCUT2D eigenvalue weighted by Crippen LogP contribution is 2.40. The molecule has 0 bridgehead atoms. The molecular weight excluding hydrogens is 363 g/mol. The Morgan fingerprint density at radius 2 is 1.80 bits per heavy atom. The van der Waals surface area contributed by atoms with Gasteiger partial charge in [0.1, 0.15) is 6.04 Å². The largest absolute Gasteiger partial charge is 0.465 e. The van der Waals surface area contributed by atoms with E-state index in [1.165, 1.54) is 7.11 Å². The molecule has 0 spiro atoms. The molecule has 25 heavy (non-hydrogen) atoms. The topological polar surface area (TPSA) is 58.6 Å². The number of halogens is 2. The summed E-state index contributed by atoms with van der Waals surface area (Å²) in [5.74, 6) is -0.513. The normalized spacial score (nSPS) is 16.4. The van der Waals surface area contributed by atoms with Crippen LogP contribution in [0.3, 0.4) is 0 Å². The van der Waals surface area contributed by atoms with E-state index in [4.69, 9.17) is 27.9 Å². The lowest BCUT2D eigenvalue weighted by Crippen LogP contribution is -2.38. The molecule has 1 unspecified atom stereocenters. The molecule has 1 fully saturated rings. The Kier molecular flexibility index (Phi) is 5.16. The smallest absolute Gasteiger partial charge is 0.337 e. The number of nitrogens with zero attached hydrogens (tertiary/aromatic N) is 1. The number of rotatable bonds is 4. The van der Waals surface area contributed by atoms with Crippen LogP contribution in [0, 0.1) is 0 Å². The molecule has 7 heteroatoms. The van der Waals surface area contributed by atoms with E-state index in [0.717, 1.165) is 0 Å². The Morgan fingerprint density at radius 1 is 1.16 bits per heavy atom. The number of ether oxygens (including phenoxy) is 1. The second-order valence-electron chi connectivity index (χ2n) is 5.57. The highest BCUT2D eigenvalue weighted by atomic mass is 35.5. The first-order chi connectivity index (χ1) is 12.0. The standard InChI is InChI=1S/C18H16Cl2N2O3/c1-25-18(24)11-5-7-12(8-6-11)22(15-9-10-21-17(15)23)16-13(19)3-2-4-14(16)20/h2-8,15H,9-10H2,1H3,(H,21,23). The molecule has 1 aliphatic heterocycles. The summed E-state index contributed by atoms with van der Waals surface area (Å²) in [5, 5.41) is 3.72. The van der Waals surface area contributed by atoms with Crippen molar-refractivity contribution >= 4 is 46.5 Å². The number of carbonyl (C=O) groups excluding carboxylic acids is 2. The summed E-state index contributed by atoms with van der Waals surface area (Å²) in [6.07, 6.45) is 0.624. The van der Waals surface area contributed by atoms with Gasteiger partial charge in [0.2, 0.25) is 5.91 Å². The minimum Gasteiger partial charge on any atom is -0.465 e. The Bertz CT molecular complexity index is 788. The summed E-state index contributed by atoms with van der Waals surface area (Å²) in [5.41, 5.74) is 1.70. The molecule has 0 aliphatic carbocycles. The summed E-state index contributed by atoms with van der Waals surface area (Å²) in [6.45, 7) is 0.586. The second-order valence-corrected chi connectivity index (χ2v) is 6.39. The number of carbonyl (C=O) groups is 2. The summed E-state index contributed by atoms with van der Waals surface area (Å²) >= 11 is 12.7. The van der Waals surface area contributed by atoms with E-state index >= 15 is 0 Å². The predicted molar refractivity (Wildman–Crippen MR) is 97.8 cm³/mol. The minimum atomic E-state index is -0.429. The van der Waals surface area contributed by atoms with Crippen molar-refractivity contribution in [3.05, 3.63) is 58.1 Å². The number of hydrogen-bond donors (Lipinski definition) is 1. The number of benzene rings is 2. The molecule has 1 heterocycles. The third kappa shape index (κ3) is 3.43. The molecule has 1 aliphatic rings. The highest BCUT2D eigenvalue weighted by Gasteiger charge is 2.33. The average molecular weight is 379 g/mol. The second kappa shape index (κ2) is 7.33. The fourth-order valence-corrected chi connectivity index (χ4v) is 3.47. The van der Waals surface area contributed by atoms with Gasteiger partial charge in [0.05, 0.1) is 28.4 Å². The summed E-state index contributed by atoms with van der Waals surface area (Å²) < 4.78 is 4.72. The van der Waals surface area contributed by atoms with Crippen LogP contribution in [0.5, 0.6) is 0 Å². The first kappa shape index (κ1) is 17.6. The highest BCUT2D eigenvalue weighted by molar-refractivity contribution is 6.39. The van der Waals surface area contributed by atoms with Crippen LogP contribution in [-0.4, -0.2) is 31.6 Å². The molecular formula is C18H16Cl2N2O3. The van der Waals surface area contributed by atoms with Crippen molar-refractivity contribution in [2.75, 3.05) is 18.6 Å². The van der Waals surface area contributed by atoms with Gasteiger partial charge < -0.3 is 15.0 Å². The first-order valence-electron chi connectivity index (χ1n) is 7.72. The van der Waals surface area contributed by atoms with Gasteiger partial charge in [-0.05, 0) is 42.8 Å². The van der Waals surface area contributed by atoms with Crippen LogP contribution < -0.4 is 10.2 Å². The molecule has 2 aromatic carbocycles. The van der Waals surface area contributed by atoms with E-state index in [1.807, 2.05) is 4.90 Å². The van der Waals surface area contributed by atoms with Gasteiger partial charge >= 0.3 is 5.97 Å². The summed E-state index contributed by atoms with van der Waals surface area (Å²) in [6, 6.07) is 11.6. The Balaban J connectivity index is 2.09. The van der Waals surface area contributed by atoms with Crippen LogP contribution in [0.15, 0.2) is 42.5 Å². The fraction of sp³-hybridized carbons (Fsp3) is 0.222. The van der Waals surface area contributed by atoms with Gasteiger partial charge in [-0.2, -0.15) is 0 Å². The quantitative estimate of drug-likeness (QED) is 0.821. The summed E-state index contributed by atoms with van der Waals surface area (Å²) in [7, 11) is 1.33. The maximum atomic E-state index is 12.3. The van der Waals surface area contributed by atoms with Crippen LogP contribution in [0.4, 0.5) is 11.4 Å². The van der Waals surface area contributed by atoms with Crippen molar-refractivity contribution in [2.24, 2.45) is 0 Å². The molecule has 0 saturated carbocycles. The molecule has 2 aromatic rings. The molecule has 1 saturated heterocycles. The van der Waals surface area contributed by atoms with Crippen LogP contribution in [-0.2, 0) is 9.53 Å². The zero-order chi connectivity index (χ0) is 18.0. The lowest BCUT2D eigenvalue weighted by molar-refractivity contribution is -0.120. The van der Waals surface area contributed by atoms with Crippen molar-refractivity contribution in [1.82, 2.24) is 5.32 Å². The molecule has 5 nitrogen and oxygen atoms in total. The Labute approximate surface area is 155 Å². The van der Waals surface area contributed by atoms with Gasteiger partial charge in [-0.1, -0.05) is 29.3 Å². The van der Waals surface area contributed by atoms with Crippen molar-refractivity contribution in [3.8, 4) is 0 Å². The first-order valence-corrected chi connectivity index (χ1v) is 8.48. The van der Waals surface area contributed by atoms with Crippen LogP contribution >= 0.6 is 23.2 Å². The summed E-state index contributed by atoms with van der Waals surface area (Å²) in [4.78, 5) is 25.7. The van der Waals surface area contributed by atoms with E-state index in [0.29, 0.717) is 39.9 Å². The van der Waals surface area contributed by atoms with E-state index in [9.17, 15) is 9.59 Å². The average Bonchev–Trinajstić information content (AvgIpc) is 3.03. The van der Waals surface area contributed by atoms with E-state index < -0.39 is 12.0 Å². The van der Waals surface area contributed by atoms with Gasteiger partial charge in [0.25, 0.3) is 0 Å². The zero-order valence-electron chi connectivity index (χ0n) is 13.5. The maximum absolute atomic E-state index is 12.3. The monoisotopic (exact) mass is 378 g/mol. The van der Waals surface area contributed by atoms with Crippen molar-refractivity contribution in [1.29, 1.82) is 0 Å². The van der Waals surface area contributed by atoms with Gasteiger partial charge in [-0.25, -0.2) is 4.79 Å². The van der Waals surface area contributed by atoms with Crippen LogP contribution in [0.2, 0.25) is 10.0 Å². The van der Waals surface area contributed by atoms with Crippen molar-refractivity contribution in [2.45, 2.75) is 12.5 Å².